The summed E-state index contributed by atoms with van der Waals surface area (Å²) in [5.41, 5.74) is 0. The van der Waals surface area contributed by atoms with Gasteiger partial charge in [0.25, 0.3) is 0 Å². The Balaban J connectivity index is 3.56. The molecule has 0 aromatic heterocycles. The molecule has 1 N–H and O–H groups in total. The first-order valence-electron chi connectivity index (χ1n) is 3.75. The van der Waals surface area contributed by atoms with Gasteiger partial charge in [-0.1, -0.05) is 13.8 Å². The van der Waals surface area contributed by atoms with Crippen molar-refractivity contribution in [2.24, 2.45) is 11.8 Å². The van der Waals surface area contributed by atoms with Gasteiger partial charge in [-0.05, 0) is 6.92 Å². The number of hydrogen-bond donors (Lipinski definition) is 1. The lowest BCUT2D eigenvalue weighted by molar-refractivity contribution is -0.124. The van der Waals surface area contributed by atoms with Crippen LogP contribution in [0.25, 0.3) is 0 Å². The first-order valence-corrected chi connectivity index (χ1v) is 3.75. The lowest BCUT2D eigenvalue weighted by Crippen LogP contribution is -2.31. The molecule has 0 fully saturated rings. The normalized spacial score (nSPS) is 12.3. The van der Waals surface area contributed by atoms with Gasteiger partial charge in [0.1, 0.15) is 0 Å². The largest absolute Gasteiger partial charge is 0.355 e. The third kappa shape index (κ3) is 4.38. The average Bonchev–Trinajstić information content (AvgIpc) is 1.99. The molecule has 3 heteroatoms. The molecule has 0 unspecified atom stereocenters. The molecule has 0 rings (SSSR count). The summed E-state index contributed by atoms with van der Waals surface area (Å²) in [6, 6.07) is 2.04. The molecule has 0 aliphatic heterocycles. The molecule has 11 heavy (non-hydrogen) atoms. The smallest absolute Gasteiger partial charge is 0.222 e. The maximum atomic E-state index is 10.9. The van der Waals surface area contributed by atoms with Crippen molar-refractivity contribution in [3.63, 3.8) is 0 Å². The van der Waals surface area contributed by atoms with E-state index in [0.29, 0.717) is 6.54 Å². The molecule has 0 spiro atoms. The monoisotopic (exact) mass is 154 g/mol. The quantitative estimate of drug-likeness (QED) is 0.657. The van der Waals surface area contributed by atoms with Gasteiger partial charge < -0.3 is 5.32 Å². The van der Waals surface area contributed by atoms with Crippen LogP contribution in [0.1, 0.15) is 20.8 Å². The topological polar surface area (TPSA) is 52.9 Å². The summed E-state index contributed by atoms with van der Waals surface area (Å²) in [4.78, 5) is 10.9. The Kier molecular flexibility index (Phi) is 4.28. The van der Waals surface area contributed by atoms with Gasteiger partial charge in [0.05, 0.1) is 12.0 Å². The Morgan fingerprint density at radius 1 is 1.55 bits per heavy atom. The average molecular weight is 154 g/mol. The van der Waals surface area contributed by atoms with Crippen molar-refractivity contribution in [2.45, 2.75) is 20.8 Å². The summed E-state index contributed by atoms with van der Waals surface area (Å²) in [6.07, 6.45) is 0. The highest BCUT2D eigenvalue weighted by Gasteiger charge is 2.07. The van der Waals surface area contributed by atoms with E-state index in [1.165, 1.54) is 0 Å². The van der Waals surface area contributed by atoms with Gasteiger partial charge in [-0.15, -0.1) is 0 Å². The molecular formula is C8H14N2O. The van der Waals surface area contributed by atoms with Gasteiger partial charge in [-0.3, -0.25) is 4.79 Å². The van der Waals surface area contributed by atoms with E-state index < -0.39 is 0 Å². The van der Waals surface area contributed by atoms with Crippen molar-refractivity contribution < 1.29 is 4.79 Å². The van der Waals surface area contributed by atoms with Crippen LogP contribution < -0.4 is 5.32 Å². The molecule has 0 heterocycles. The van der Waals surface area contributed by atoms with Crippen molar-refractivity contribution in [2.75, 3.05) is 6.54 Å². The molecule has 0 saturated carbocycles. The number of rotatable bonds is 3. The maximum Gasteiger partial charge on any atom is 0.222 e. The zero-order chi connectivity index (χ0) is 8.85. The number of nitrogens with zero attached hydrogens (tertiary/aromatic N) is 1. The SMILES string of the molecule is CC(C)C(=O)NC[C@@H](C)C#N. The minimum atomic E-state index is -0.0994. The van der Waals surface area contributed by atoms with Crippen molar-refractivity contribution in [3.8, 4) is 6.07 Å². The van der Waals surface area contributed by atoms with E-state index >= 15 is 0 Å². The first-order chi connectivity index (χ1) is 5.07. The fraction of sp³-hybridized carbons (Fsp3) is 0.750. The van der Waals surface area contributed by atoms with Gasteiger partial charge in [0.2, 0.25) is 5.91 Å². The number of hydrogen-bond acceptors (Lipinski definition) is 2. The second kappa shape index (κ2) is 4.73. The van der Waals surface area contributed by atoms with Crippen LogP contribution in [0.15, 0.2) is 0 Å². The van der Waals surface area contributed by atoms with E-state index in [9.17, 15) is 4.79 Å². The van der Waals surface area contributed by atoms with Crippen molar-refractivity contribution >= 4 is 5.91 Å². The van der Waals surface area contributed by atoms with Crippen molar-refractivity contribution in [3.05, 3.63) is 0 Å². The number of carbonyl (C=O) groups excluding carboxylic acids is 1. The molecule has 0 aromatic carbocycles. The predicted octanol–water partition coefficient (Wildman–Crippen LogP) is 0.918. The summed E-state index contributed by atoms with van der Waals surface area (Å²) < 4.78 is 0. The van der Waals surface area contributed by atoms with E-state index in [-0.39, 0.29) is 17.7 Å². The van der Waals surface area contributed by atoms with Crippen LogP contribution in [0.5, 0.6) is 0 Å². The van der Waals surface area contributed by atoms with Gasteiger partial charge in [-0.25, -0.2) is 0 Å². The van der Waals surface area contributed by atoms with Crippen molar-refractivity contribution in [1.29, 1.82) is 5.26 Å². The van der Waals surface area contributed by atoms with E-state index in [1.54, 1.807) is 6.92 Å². The molecule has 1 atom stereocenters. The minimum absolute atomic E-state index is 0.000827. The predicted molar refractivity (Wildman–Crippen MR) is 42.6 cm³/mol. The lowest BCUT2D eigenvalue weighted by atomic mass is 10.2. The van der Waals surface area contributed by atoms with Crippen LogP contribution >= 0.6 is 0 Å². The van der Waals surface area contributed by atoms with Crippen LogP contribution in [0.2, 0.25) is 0 Å². The van der Waals surface area contributed by atoms with Crippen LogP contribution in [0.3, 0.4) is 0 Å². The molecule has 0 aliphatic carbocycles. The van der Waals surface area contributed by atoms with Crippen LogP contribution in [-0.4, -0.2) is 12.5 Å². The van der Waals surface area contributed by atoms with E-state index in [0.717, 1.165) is 0 Å². The number of nitriles is 1. The standard InChI is InChI=1S/C8H14N2O/c1-6(2)8(11)10-5-7(3)4-9/h6-7H,5H2,1-3H3,(H,10,11)/t7-/m0/s1. The molecule has 0 bridgehead atoms. The Bertz CT molecular complexity index is 169. The molecule has 0 aromatic rings. The second-order valence-electron chi connectivity index (χ2n) is 2.93. The molecule has 0 radical (unpaired) electrons. The second-order valence-corrected chi connectivity index (χ2v) is 2.93. The van der Waals surface area contributed by atoms with Gasteiger partial charge >= 0.3 is 0 Å². The summed E-state index contributed by atoms with van der Waals surface area (Å²) in [5.74, 6) is -0.0920. The van der Waals surface area contributed by atoms with Gasteiger partial charge in [-0.2, -0.15) is 5.26 Å². The number of carbonyl (C=O) groups is 1. The Labute approximate surface area is 67.4 Å². The number of amides is 1. The maximum absolute atomic E-state index is 10.9. The van der Waals surface area contributed by atoms with Crippen LogP contribution in [-0.2, 0) is 4.79 Å². The van der Waals surface area contributed by atoms with Crippen LogP contribution in [0, 0.1) is 23.2 Å². The zero-order valence-electron chi connectivity index (χ0n) is 7.22. The Hall–Kier alpha value is -1.04. The highest BCUT2D eigenvalue weighted by Crippen LogP contribution is 1.93. The fourth-order valence-electron chi connectivity index (χ4n) is 0.503. The van der Waals surface area contributed by atoms with E-state index in [4.69, 9.17) is 5.26 Å². The van der Waals surface area contributed by atoms with Gasteiger partial charge in [0, 0.05) is 12.5 Å². The van der Waals surface area contributed by atoms with Crippen LogP contribution in [0.4, 0.5) is 0 Å². The minimum Gasteiger partial charge on any atom is -0.355 e. The number of nitrogens with one attached hydrogen (secondary N) is 1. The van der Waals surface area contributed by atoms with E-state index in [1.807, 2.05) is 19.9 Å². The third-order valence-corrected chi connectivity index (χ3v) is 1.33. The summed E-state index contributed by atoms with van der Waals surface area (Å²) in [5, 5.41) is 11.1. The summed E-state index contributed by atoms with van der Waals surface area (Å²) in [6.45, 7) is 5.88. The molecule has 62 valence electrons. The lowest BCUT2D eigenvalue weighted by Gasteiger charge is -2.07. The molecule has 0 aliphatic rings. The Morgan fingerprint density at radius 2 is 2.09 bits per heavy atom. The molecule has 1 amide bonds. The molecular weight excluding hydrogens is 140 g/mol. The zero-order valence-corrected chi connectivity index (χ0v) is 7.22. The van der Waals surface area contributed by atoms with Gasteiger partial charge in [0.15, 0.2) is 0 Å². The highest BCUT2D eigenvalue weighted by molar-refractivity contribution is 5.77. The summed E-state index contributed by atoms with van der Waals surface area (Å²) >= 11 is 0. The van der Waals surface area contributed by atoms with E-state index in [2.05, 4.69) is 5.32 Å². The third-order valence-electron chi connectivity index (χ3n) is 1.33. The molecule has 3 nitrogen and oxygen atoms in total. The first kappa shape index (κ1) is 9.96. The fourth-order valence-corrected chi connectivity index (χ4v) is 0.503. The Morgan fingerprint density at radius 3 is 2.45 bits per heavy atom. The summed E-state index contributed by atoms with van der Waals surface area (Å²) in [7, 11) is 0. The van der Waals surface area contributed by atoms with Crippen molar-refractivity contribution in [1.82, 2.24) is 5.32 Å². The molecule has 0 saturated heterocycles. The highest BCUT2D eigenvalue weighted by atomic mass is 16.1.